The molecule has 1 aliphatic rings. The second-order valence-corrected chi connectivity index (χ2v) is 7.46. The molecule has 1 aliphatic heterocycles. The van der Waals surface area contributed by atoms with Crippen LogP contribution in [0.2, 0.25) is 10.0 Å². The van der Waals surface area contributed by atoms with Crippen molar-refractivity contribution in [1.82, 2.24) is 9.78 Å². The lowest BCUT2D eigenvalue weighted by Crippen LogP contribution is -2.13. The van der Waals surface area contributed by atoms with Gasteiger partial charge < -0.3 is 5.32 Å². The van der Waals surface area contributed by atoms with Crippen molar-refractivity contribution in [2.75, 3.05) is 11.9 Å². The molecule has 1 N–H and O–H groups in total. The normalized spacial score (nSPS) is 14.0. The summed E-state index contributed by atoms with van der Waals surface area (Å²) in [6.45, 7) is 0.412. The van der Waals surface area contributed by atoms with Crippen molar-refractivity contribution in [3.8, 4) is 16.9 Å². The molecule has 4 rings (SSSR count). The second-order valence-electron chi connectivity index (χ2n) is 6.62. The summed E-state index contributed by atoms with van der Waals surface area (Å²) in [6, 6.07) is 6.54. The van der Waals surface area contributed by atoms with Crippen LogP contribution in [-0.2, 0) is 18.8 Å². The van der Waals surface area contributed by atoms with E-state index in [9.17, 15) is 26.3 Å². The first-order chi connectivity index (χ1) is 14.0. The smallest absolute Gasteiger partial charge is 0.369 e. The van der Waals surface area contributed by atoms with E-state index in [2.05, 4.69) is 10.4 Å². The number of anilines is 1. The third-order valence-electron chi connectivity index (χ3n) is 4.69. The van der Waals surface area contributed by atoms with Crippen molar-refractivity contribution in [2.24, 2.45) is 0 Å². The maximum absolute atomic E-state index is 13.6. The van der Waals surface area contributed by atoms with Crippen LogP contribution in [0.3, 0.4) is 0 Å². The zero-order valence-electron chi connectivity index (χ0n) is 14.8. The Hall–Kier alpha value is -2.39. The topological polar surface area (TPSA) is 29.9 Å². The van der Waals surface area contributed by atoms with Gasteiger partial charge in [0.1, 0.15) is 5.82 Å². The molecule has 0 saturated carbocycles. The highest BCUT2D eigenvalue weighted by atomic mass is 35.5. The van der Waals surface area contributed by atoms with Gasteiger partial charge in [0.25, 0.3) is 0 Å². The van der Waals surface area contributed by atoms with Crippen LogP contribution in [0.15, 0.2) is 36.4 Å². The summed E-state index contributed by atoms with van der Waals surface area (Å²) in [7, 11) is 0. The summed E-state index contributed by atoms with van der Waals surface area (Å²) in [5.41, 5.74) is -1.55. The van der Waals surface area contributed by atoms with Crippen LogP contribution >= 0.6 is 23.2 Å². The van der Waals surface area contributed by atoms with Gasteiger partial charge in [-0.15, -0.1) is 0 Å². The Labute approximate surface area is 176 Å². The Bertz CT molecular complexity index is 1130. The summed E-state index contributed by atoms with van der Waals surface area (Å²) in [4.78, 5) is 0. The highest BCUT2D eigenvalue weighted by Crippen LogP contribution is 2.42. The highest BCUT2D eigenvalue weighted by Gasteiger charge is 2.37. The number of benzene rings is 2. The van der Waals surface area contributed by atoms with Crippen molar-refractivity contribution >= 4 is 29.0 Å². The molecular weight excluding hydrogens is 455 g/mol. The van der Waals surface area contributed by atoms with Gasteiger partial charge in [0.05, 0.1) is 27.5 Å². The summed E-state index contributed by atoms with van der Waals surface area (Å²) in [5.74, 6) is 0.293. The quantitative estimate of drug-likeness (QED) is 0.419. The number of nitrogens with zero attached hydrogens (tertiary/aromatic N) is 2. The van der Waals surface area contributed by atoms with Crippen LogP contribution in [0.5, 0.6) is 0 Å². The molecule has 3 nitrogen and oxygen atoms in total. The second kappa shape index (κ2) is 7.09. The molecule has 0 radical (unpaired) electrons. The van der Waals surface area contributed by atoms with E-state index in [0.717, 1.165) is 22.9 Å². The number of fused-ring (bicyclic) bond motifs is 1. The molecule has 0 aliphatic carbocycles. The van der Waals surface area contributed by atoms with Crippen LogP contribution in [0.4, 0.5) is 32.2 Å². The number of halogens is 8. The van der Waals surface area contributed by atoms with E-state index < -0.39 is 28.5 Å². The molecule has 0 fully saturated rings. The van der Waals surface area contributed by atoms with E-state index in [1.165, 1.54) is 18.2 Å². The van der Waals surface area contributed by atoms with Gasteiger partial charge in [-0.25, -0.2) is 4.68 Å². The SMILES string of the molecule is FC(F)(F)c1cc(-c2nn(-c3ccc(Cl)cc3C(F)(F)F)c3c2CCN3)ccc1Cl. The summed E-state index contributed by atoms with van der Waals surface area (Å²) in [5, 5.41) is 6.61. The molecule has 0 saturated heterocycles. The van der Waals surface area contributed by atoms with E-state index in [4.69, 9.17) is 23.2 Å². The number of hydrogen-bond donors (Lipinski definition) is 1. The standard InChI is InChI=1S/C19H11Cl2F6N3/c20-10-2-4-15(13(8-10)19(25,26)27)30-17-11(5-6-28-17)16(29-30)9-1-3-14(21)12(7-9)18(22,23)24/h1-4,7-8,28H,5-6H2. The molecule has 0 spiro atoms. The molecule has 0 atom stereocenters. The summed E-state index contributed by atoms with van der Waals surface area (Å²) in [6.07, 6.45) is -9.00. The Balaban J connectivity index is 1.92. The maximum atomic E-state index is 13.6. The fraction of sp³-hybridized carbons (Fsp3) is 0.211. The van der Waals surface area contributed by atoms with Crippen molar-refractivity contribution in [3.63, 3.8) is 0 Å². The Morgan fingerprint density at radius 3 is 2.27 bits per heavy atom. The largest absolute Gasteiger partial charge is 0.418 e. The highest BCUT2D eigenvalue weighted by molar-refractivity contribution is 6.31. The van der Waals surface area contributed by atoms with Gasteiger partial charge in [-0.2, -0.15) is 31.4 Å². The lowest BCUT2D eigenvalue weighted by Gasteiger charge is -2.15. The van der Waals surface area contributed by atoms with Gasteiger partial charge in [0.15, 0.2) is 0 Å². The Kier molecular flexibility index (Phi) is 4.93. The van der Waals surface area contributed by atoms with Crippen molar-refractivity contribution in [1.29, 1.82) is 0 Å². The Morgan fingerprint density at radius 1 is 0.900 bits per heavy atom. The number of hydrogen-bond acceptors (Lipinski definition) is 2. The monoisotopic (exact) mass is 465 g/mol. The minimum absolute atomic E-state index is 0.101. The van der Waals surface area contributed by atoms with Crippen molar-refractivity contribution in [2.45, 2.75) is 18.8 Å². The van der Waals surface area contributed by atoms with Gasteiger partial charge in [-0.05, 0) is 36.8 Å². The van der Waals surface area contributed by atoms with Gasteiger partial charge in [-0.3, -0.25) is 0 Å². The maximum Gasteiger partial charge on any atom is 0.418 e. The van der Waals surface area contributed by atoms with Gasteiger partial charge in [0.2, 0.25) is 0 Å². The fourth-order valence-electron chi connectivity index (χ4n) is 3.39. The first kappa shape index (κ1) is 20.9. The van der Waals surface area contributed by atoms with Crippen molar-refractivity contribution < 1.29 is 26.3 Å². The van der Waals surface area contributed by atoms with Crippen LogP contribution in [0.25, 0.3) is 16.9 Å². The number of nitrogens with one attached hydrogen (secondary N) is 1. The predicted octanol–water partition coefficient (Wildman–Crippen LogP) is 6.85. The zero-order valence-corrected chi connectivity index (χ0v) is 16.3. The molecule has 30 heavy (non-hydrogen) atoms. The molecule has 11 heteroatoms. The minimum atomic E-state index is -4.71. The molecule has 3 aromatic rings. The van der Waals surface area contributed by atoms with E-state index in [1.807, 2.05) is 0 Å². The molecule has 2 heterocycles. The van der Waals surface area contributed by atoms with Crippen LogP contribution in [-0.4, -0.2) is 16.3 Å². The molecular formula is C19H11Cl2F6N3. The third kappa shape index (κ3) is 3.60. The van der Waals surface area contributed by atoms with Crippen LogP contribution in [0, 0.1) is 0 Å². The zero-order chi connectivity index (χ0) is 21.8. The molecule has 0 unspecified atom stereocenters. The molecule has 2 aromatic carbocycles. The first-order valence-corrected chi connectivity index (χ1v) is 9.32. The number of aromatic nitrogens is 2. The van der Waals surface area contributed by atoms with Crippen LogP contribution in [0.1, 0.15) is 16.7 Å². The first-order valence-electron chi connectivity index (χ1n) is 8.57. The number of alkyl halides is 6. The minimum Gasteiger partial charge on any atom is -0.369 e. The van der Waals surface area contributed by atoms with E-state index in [0.29, 0.717) is 24.3 Å². The lowest BCUT2D eigenvalue weighted by atomic mass is 10.0. The fourth-order valence-corrected chi connectivity index (χ4v) is 3.79. The summed E-state index contributed by atoms with van der Waals surface area (Å²) < 4.78 is 81.5. The number of rotatable bonds is 2. The average molecular weight is 466 g/mol. The van der Waals surface area contributed by atoms with E-state index in [1.54, 1.807) is 0 Å². The molecule has 158 valence electrons. The lowest BCUT2D eigenvalue weighted by molar-refractivity contribution is -0.138. The van der Waals surface area contributed by atoms with E-state index >= 15 is 0 Å². The van der Waals surface area contributed by atoms with E-state index in [-0.39, 0.29) is 22.0 Å². The Morgan fingerprint density at radius 2 is 1.60 bits per heavy atom. The average Bonchev–Trinajstić information content (AvgIpc) is 3.23. The third-order valence-corrected chi connectivity index (χ3v) is 5.25. The summed E-state index contributed by atoms with van der Waals surface area (Å²) >= 11 is 11.4. The molecule has 1 aromatic heterocycles. The van der Waals surface area contributed by atoms with Gasteiger partial charge >= 0.3 is 12.4 Å². The molecule has 0 amide bonds. The predicted molar refractivity (Wildman–Crippen MR) is 101 cm³/mol. The van der Waals surface area contributed by atoms with Crippen LogP contribution < -0.4 is 5.32 Å². The van der Waals surface area contributed by atoms with Crippen molar-refractivity contribution in [3.05, 3.63) is 63.1 Å². The molecule has 0 bridgehead atoms. The van der Waals surface area contributed by atoms with Gasteiger partial charge in [0, 0.05) is 22.7 Å². The van der Waals surface area contributed by atoms with Gasteiger partial charge in [-0.1, -0.05) is 29.3 Å².